The summed E-state index contributed by atoms with van der Waals surface area (Å²) in [6.45, 7) is 8.85. The van der Waals surface area contributed by atoms with Crippen molar-refractivity contribution in [1.29, 1.82) is 0 Å². The highest BCUT2D eigenvalue weighted by Crippen LogP contribution is 2.31. The number of hydrogen-bond acceptors (Lipinski definition) is 3. The van der Waals surface area contributed by atoms with Crippen molar-refractivity contribution < 1.29 is 9.53 Å². The summed E-state index contributed by atoms with van der Waals surface area (Å²) >= 11 is 0. The van der Waals surface area contributed by atoms with Gasteiger partial charge in [0.25, 0.3) is 0 Å². The van der Waals surface area contributed by atoms with Crippen molar-refractivity contribution in [2.24, 2.45) is 0 Å². The summed E-state index contributed by atoms with van der Waals surface area (Å²) in [5.74, 6) is 1.17. The average Bonchev–Trinajstić information content (AvgIpc) is 3.17. The van der Waals surface area contributed by atoms with Gasteiger partial charge in [-0.25, -0.2) is 0 Å². The lowest BCUT2D eigenvalue weighted by molar-refractivity contribution is -0.130. The van der Waals surface area contributed by atoms with E-state index in [1.165, 1.54) is 18.4 Å². The standard InChI is InChI=1S/C20H30N2O2/c1-15(2)24-18-10-8-17(9-11-18)14-21-12-4-6-19(21)20-7-5-13-22(20)16(3)23/h8-11,15,19-20H,4-7,12-14H2,1-3H3. The Balaban J connectivity index is 1.64. The summed E-state index contributed by atoms with van der Waals surface area (Å²) in [4.78, 5) is 16.6. The van der Waals surface area contributed by atoms with Gasteiger partial charge in [0.2, 0.25) is 5.91 Å². The molecule has 0 spiro atoms. The molecule has 1 aromatic rings. The molecule has 0 aliphatic carbocycles. The summed E-state index contributed by atoms with van der Waals surface area (Å²) in [7, 11) is 0. The molecular weight excluding hydrogens is 300 g/mol. The number of carbonyl (C=O) groups is 1. The van der Waals surface area contributed by atoms with E-state index in [4.69, 9.17) is 4.74 Å². The first-order chi connectivity index (χ1) is 11.5. The van der Waals surface area contributed by atoms with Crippen LogP contribution in [0.1, 0.15) is 52.0 Å². The second kappa shape index (κ2) is 7.56. The number of rotatable bonds is 5. The van der Waals surface area contributed by atoms with Gasteiger partial charge in [-0.1, -0.05) is 12.1 Å². The zero-order chi connectivity index (χ0) is 17.1. The monoisotopic (exact) mass is 330 g/mol. The van der Waals surface area contributed by atoms with Crippen molar-refractivity contribution in [2.75, 3.05) is 13.1 Å². The molecule has 2 atom stereocenters. The van der Waals surface area contributed by atoms with Crippen molar-refractivity contribution in [2.45, 2.75) is 71.2 Å². The summed E-state index contributed by atoms with van der Waals surface area (Å²) < 4.78 is 5.72. The molecule has 4 heteroatoms. The second-order valence-electron chi connectivity index (χ2n) is 7.41. The van der Waals surface area contributed by atoms with E-state index in [0.29, 0.717) is 12.1 Å². The van der Waals surface area contributed by atoms with Gasteiger partial charge in [-0.3, -0.25) is 9.69 Å². The number of carbonyl (C=O) groups excluding carboxylic acids is 1. The summed E-state index contributed by atoms with van der Waals surface area (Å²) in [5, 5.41) is 0. The van der Waals surface area contributed by atoms with Crippen LogP contribution in [0.2, 0.25) is 0 Å². The number of nitrogens with zero attached hydrogens (tertiary/aromatic N) is 2. The molecule has 3 rings (SSSR count). The van der Waals surface area contributed by atoms with Crippen LogP contribution < -0.4 is 4.74 Å². The highest BCUT2D eigenvalue weighted by molar-refractivity contribution is 5.74. The maximum Gasteiger partial charge on any atom is 0.219 e. The molecule has 4 nitrogen and oxygen atoms in total. The van der Waals surface area contributed by atoms with E-state index in [0.717, 1.165) is 38.2 Å². The summed E-state index contributed by atoms with van der Waals surface area (Å²) in [6.07, 6.45) is 4.96. The third-order valence-electron chi connectivity index (χ3n) is 5.24. The second-order valence-corrected chi connectivity index (χ2v) is 7.41. The topological polar surface area (TPSA) is 32.8 Å². The Morgan fingerprint density at radius 3 is 2.46 bits per heavy atom. The maximum absolute atomic E-state index is 11.9. The first-order valence-electron chi connectivity index (χ1n) is 9.31. The van der Waals surface area contributed by atoms with Gasteiger partial charge in [-0.2, -0.15) is 0 Å². The van der Waals surface area contributed by atoms with Crippen molar-refractivity contribution in [3.05, 3.63) is 29.8 Å². The Labute approximate surface area is 145 Å². The third kappa shape index (κ3) is 3.92. The fourth-order valence-corrected chi connectivity index (χ4v) is 4.25. The quantitative estimate of drug-likeness (QED) is 0.829. The van der Waals surface area contributed by atoms with Gasteiger partial charge < -0.3 is 9.64 Å². The van der Waals surface area contributed by atoms with Crippen LogP contribution in [-0.2, 0) is 11.3 Å². The Morgan fingerprint density at radius 1 is 1.12 bits per heavy atom. The largest absolute Gasteiger partial charge is 0.491 e. The molecule has 2 saturated heterocycles. The molecule has 2 aliphatic rings. The number of benzene rings is 1. The zero-order valence-corrected chi connectivity index (χ0v) is 15.2. The van der Waals surface area contributed by atoms with Gasteiger partial charge >= 0.3 is 0 Å². The highest BCUT2D eigenvalue weighted by Gasteiger charge is 2.38. The van der Waals surface area contributed by atoms with Gasteiger partial charge in [-0.15, -0.1) is 0 Å². The third-order valence-corrected chi connectivity index (χ3v) is 5.24. The molecule has 0 N–H and O–H groups in total. The molecular formula is C20H30N2O2. The fourth-order valence-electron chi connectivity index (χ4n) is 4.25. The van der Waals surface area contributed by atoms with Crippen molar-refractivity contribution in [3.8, 4) is 5.75 Å². The van der Waals surface area contributed by atoms with Crippen LogP contribution >= 0.6 is 0 Å². The Morgan fingerprint density at radius 2 is 1.79 bits per heavy atom. The molecule has 2 heterocycles. The Hall–Kier alpha value is -1.55. The van der Waals surface area contributed by atoms with Crippen molar-refractivity contribution in [1.82, 2.24) is 9.80 Å². The molecule has 1 aromatic carbocycles. The molecule has 132 valence electrons. The molecule has 2 aliphatic heterocycles. The normalized spacial score (nSPS) is 24.8. The minimum atomic E-state index is 0.207. The van der Waals surface area contributed by atoms with Gasteiger partial charge in [-0.05, 0) is 63.8 Å². The molecule has 0 radical (unpaired) electrons. The summed E-state index contributed by atoms with van der Waals surface area (Å²) in [6, 6.07) is 9.40. The minimum absolute atomic E-state index is 0.207. The van der Waals surface area contributed by atoms with Gasteiger partial charge in [0, 0.05) is 32.1 Å². The van der Waals surface area contributed by atoms with Gasteiger partial charge in [0.05, 0.1) is 6.10 Å². The number of hydrogen-bond donors (Lipinski definition) is 0. The van der Waals surface area contributed by atoms with E-state index in [1.54, 1.807) is 6.92 Å². The molecule has 0 aromatic heterocycles. The fraction of sp³-hybridized carbons (Fsp3) is 0.650. The van der Waals surface area contributed by atoms with Crippen LogP contribution in [0, 0.1) is 0 Å². The van der Waals surface area contributed by atoms with Gasteiger partial charge in [0.1, 0.15) is 5.75 Å². The van der Waals surface area contributed by atoms with Crippen LogP contribution in [0.4, 0.5) is 0 Å². The van der Waals surface area contributed by atoms with Crippen LogP contribution in [0.15, 0.2) is 24.3 Å². The SMILES string of the molecule is CC(=O)N1CCCC1C1CCCN1Cc1ccc(OC(C)C)cc1. The van der Waals surface area contributed by atoms with E-state index < -0.39 is 0 Å². The maximum atomic E-state index is 11.9. The number of ether oxygens (including phenoxy) is 1. The average molecular weight is 330 g/mol. The van der Waals surface area contributed by atoms with E-state index in [1.807, 2.05) is 13.8 Å². The highest BCUT2D eigenvalue weighted by atomic mass is 16.5. The summed E-state index contributed by atoms with van der Waals surface area (Å²) in [5.41, 5.74) is 1.32. The van der Waals surface area contributed by atoms with Crippen LogP contribution in [0.25, 0.3) is 0 Å². The molecule has 0 bridgehead atoms. The molecule has 24 heavy (non-hydrogen) atoms. The lowest BCUT2D eigenvalue weighted by atomic mass is 10.0. The van der Waals surface area contributed by atoms with Gasteiger partial charge in [0.15, 0.2) is 0 Å². The molecule has 2 fully saturated rings. The number of likely N-dealkylation sites (tertiary alicyclic amines) is 2. The smallest absolute Gasteiger partial charge is 0.219 e. The first-order valence-corrected chi connectivity index (χ1v) is 9.31. The van der Waals surface area contributed by atoms with Crippen molar-refractivity contribution in [3.63, 3.8) is 0 Å². The Kier molecular flexibility index (Phi) is 5.44. The lowest BCUT2D eigenvalue weighted by Crippen LogP contribution is -2.47. The van der Waals surface area contributed by atoms with E-state index in [-0.39, 0.29) is 12.0 Å². The Bertz CT molecular complexity index is 555. The van der Waals surface area contributed by atoms with E-state index in [2.05, 4.69) is 34.1 Å². The molecule has 2 unspecified atom stereocenters. The minimum Gasteiger partial charge on any atom is -0.491 e. The van der Waals surface area contributed by atoms with Crippen LogP contribution in [0.5, 0.6) is 5.75 Å². The lowest BCUT2D eigenvalue weighted by Gasteiger charge is -2.34. The van der Waals surface area contributed by atoms with Crippen LogP contribution in [0.3, 0.4) is 0 Å². The first kappa shape index (κ1) is 17.3. The number of amides is 1. The van der Waals surface area contributed by atoms with E-state index in [9.17, 15) is 4.79 Å². The van der Waals surface area contributed by atoms with E-state index >= 15 is 0 Å². The van der Waals surface area contributed by atoms with Crippen molar-refractivity contribution >= 4 is 5.91 Å². The predicted octanol–water partition coefficient (Wildman–Crippen LogP) is 3.45. The predicted molar refractivity (Wildman–Crippen MR) is 96.0 cm³/mol. The zero-order valence-electron chi connectivity index (χ0n) is 15.2. The molecule has 1 amide bonds. The molecule has 0 saturated carbocycles. The van der Waals surface area contributed by atoms with Crippen LogP contribution in [-0.4, -0.2) is 47.0 Å².